The average Bonchev–Trinajstić information content (AvgIpc) is 2.39. The molecule has 0 saturated heterocycles. The summed E-state index contributed by atoms with van der Waals surface area (Å²) in [5.74, 6) is -2.98. The molecule has 8 nitrogen and oxygen atoms in total. The lowest BCUT2D eigenvalue weighted by molar-refractivity contribution is -0.143. The van der Waals surface area contributed by atoms with Gasteiger partial charge < -0.3 is 26.6 Å². The summed E-state index contributed by atoms with van der Waals surface area (Å²) in [6.07, 6.45) is -1.06. The van der Waals surface area contributed by atoms with E-state index in [4.69, 9.17) is 10.8 Å². The molecule has 0 fully saturated rings. The number of carboxylic acid groups (broad SMARTS) is 1. The molecule has 8 heteroatoms. The SMILES string of the molecule is CC(C)[C@H](NC(=O)[C@@H](NC(=O)[C@@H](N)[C@@H](C)O)C(C)C)C(=O)O. The summed E-state index contributed by atoms with van der Waals surface area (Å²) in [5.41, 5.74) is 5.52. The van der Waals surface area contributed by atoms with Crippen molar-refractivity contribution in [3.63, 3.8) is 0 Å². The highest BCUT2D eigenvalue weighted by molar-refractivity contribution is 5.92. The van der Waals surface area contributed by atoms with Crippen molar-refractivity contribution in [1.29, 1.82) is 0 Å². The molecular weight excluding hydrogens is 290 g/mol. The first-order valence-corrected chi connectivity index (χ1v) is 7.26. The molecule has 0 saturated carbocycles. The highest BCUT2D eigenvalue weighted by Crippen LogP contribution is 2.07. The number of aliphatic hydroxyl groups is 1. The van der Waals surface area contributed by atoms with Crippen LogP contribution < -0.4 is 16.4 Å². The van der Waals surface area contributed by atoms with E-state index >= 15 is 0 Å². The number of amides is 2. The lowest BCUT2D eigenvalue weighted by Gasteiger charge is -2.26. The van der Waals surface area contributed by atoms with E-state index in [1.807, 2.05) is 0 Å². The Hall–Kier alpha value is -1.67. The Morgan fingerprint density at radius 1 is 0.864 bits per heavy atom. The smallest absolute Gasteiger partial charge is 0.326 e. The van der Waals surface area contributed by atoms with Crippen LogP contribution in [-0.2, 0) is 14.4 Å². The molecule has 0 aliphatic rings. The number of aliphatic carboxylic acids is 1. The fourth-order valence-electron chi connectivity index (χ4n) is 1.76. The van der Waals surface area contributed by atoms with Crippen LogP contribution in [0.5, 0.6) is 0 Å². The van der Waals surface area contributed by atoms with E-state index in [1.165, 1.54) is 6.92 Å². The quantitative estimate of drug-likeness (QED) is 0.391. The van der Waals surface area contributed by atoms with Gasteiger partial charge >= 0.3 is 5.97 Å². The van der Waals surface area contributed by atoms with E-state index in [0.29, 0.717) is 0 Å². The normalized spacial score (nSPS) is 16.8. The standard InChI is InChI=1S/C14H27N3O5/c1-6(2)10(16-12(19)9(15)8(5)18)13(20)17-11(7(3)4)14(21)22/h6-11,18H,15H2,1-5H3,(H,16,19)(H,17,20)(H,21,22)/t8-,9+,10+,11+/m1/s1. The number of rotatable bonds is 8. The van der Waals surface area contributed by atoms with Gasteiger partial charge in [-0.05, 0) is 18.8 Å². The van der Waals surface area contributed by atoms with Crippen LogP contribution in [0.25, 0.3) is 0 Å². The first kappa shape index (κ1) is 20.3. The van der Waals surface area contributed by atoms with E-state index in [2.05, 4.69) is 10.6 Å². The molecule has 2 amide bonds. The van der Waals surface area contributed by atoms with Crippen molar-refractivity contribution in [3.8, 4) is 0 Å². The van der Waals surface area contributed by atoms with E-state index in [1.54, 1.807) is 27.7 Å². The maximum absolute atomic E-state index is 12.2. The molecule has 0 spiro atoms. The van der Waals surface area contributed by atoms with Crippen molar-refractivity contribution in [2.45, 2.75) is 58.8 Å². The number of nitrogens with two attached hydrogens (primary N) is 1. The van der Waals surface area contributed by atoms with Gasteiger partial charge in [-0.3, -0.25) is 9.59 Å². The van der Waals surface area contributed by atoms with Crippen LogP contribution >= 0.6 is 0 Å². The van der Waals surface area contributed by atoms with Gasteiger partial charge in [0.15, 0.2) is 0 Å². The predicted octanol–water partition coefficient (Wildman–Crippen LogP) is -0.939. The number of aliphatic hydroxyl groups excluding tert-OH is 1. The molecule has 0 aromatic rings. The molecule has 6 N–H and O–H groups in total. The summed E-state index contributed by atoms with van der Waals surface area (Å²) >= 11 is 0. The van der Waals surface area contributed by atoms with Crippen LogP contribution in [0, 0.1) is 11.8 Å². The summed E-state index contributed by atoms with van der Waals surface area (Å²) in [6.45, 7) is 8.14. The lowest BCUT2D eigenvalue weighted by atomic mass is 9.99. The Balaban J connectivity index is 4.99. The molecule has 22 heavy (non-hydrogen) atoms. The fourth-order valence-corrected chi connectivity index (χ4v) is 1.76. The van der Waals surface area contributed by atoms with Crippen molar-refractivity contribution in [1.82, 2.24) is 10.6 Å². The van der Waals surface area contributed by atoms with E-state index in [0.717, 1.165) is 0 Å². The van der Waals surface area contributed by atoms with Crippen molar-refractivity contribution < 1.29 is 24.6 Å². The van der Waals surface area contributed by atoms with Gasteiger partial charge in [-0.1, -0.05) is 27.7 Å². The van der Waals surface area contributed by atoms with Crippen LogP contribution in [0.3, 0.4) is 0 Å². The molecule has 0 bridgehead atoms. The van der Waals surface area contributed by atoms with Crippen LogP contribution in [0.4, 0.5) is 0 Å². The van der Waals surface area contributed by atoms with Crippen LogP contribution in [-0.4, -0.2) is 52.2 Å². The summed E-state index contributed by atoms with van der Waals surface area (Å²) in [6, 6.07) is -3.14. The number of carboxylic acids is 1. The molecule has 0 radical (unpaired) electrons. The van der Waals surface area contributed by atoms with Gasteiger partial charge in [0.2, 0.25) is 11.8 Å². The van der Waals surface area contributed by atoms with Crippen LogP contribution in [0.2, 0.25) is 0 Å². The maximum Gasteiger partial charge on any atom is 0.326 e. The second kappa shape index (κ2) is 8.70. The van der Waals surface area contributed by atoms with E-state index < -0.39 is 42.0 Å². The fraction of sp³-hybridized carbons (Fsp3) is 0.786. The van der Waals surface area contributed by atoms with Gasteiger partial charge in [-0.15, -0.1) is 0 Å². The summed E-state index contributed by atoms with van der Waals surface area (Å²) in [4.78, 5) is 35.2. The Morgan fingerprint density at radius 2 is 1.27 bits per heavy atom. The van der Waals surface area contributed by atoms with Crippen LogP contribution in [0.15, 0.2) is 0 Å². The number of hydrogen-bond donors (Lipinski definition) is 5. The third-order valence-corrected chi connectivity index (χ3v) is 3.30. The van der Waals surface area contributed by atoms with E-state index in [9.17, 15) is 19.5 Å². The predicted molar refractivity (Wildman–Crippen MR) is 80.8 cm³/mol. The van der Waals surface area contributed by atoms with Crippen molar-refractivity contribution in [2.24, 2.45) is 17.6 Å². The average molecular weight is 317 g/mol. The molecule has 0 heterocycles. The second-order valence-electron chi connectivity index (χ2n) is 6.07. The monoisotopic (exact) mass is 317 g/mol. The van der Waals surface area contributed by atoms with Gasteiger partial charge in [-0.25, -0.2) is 4.79 Å². The number of carbonyl (C=O) groups is 3. The highest BCUT2D eigenvalue weighted by Gasteiger charge is 2.31. The summed E-state index contributed by atoms with van der Waals surface area (Å²) < 4.78 is 0. The molecule has 0 aromatic carbocycles. The Morgan fingerprint density at radius 3 is 1.59 bits per heavy atom. The molecule has 4 atom stereocenters. The van der Waals surface area contributed by atoms with Gasteiger partial charge in [0.1, 0.15) is 18.1 Å². The highest BCUT2D eigenvalue weighted by atomic mass is 16.4. The zero-order valence-electron chi connectivity index (χ0n) is 13.7. The van der Waals surface area contributed by atoms with E-state index in [-0.39, 0.29) is 11.8 Å². The van der Waals surface area contributed by atoms with Gasteiger partial charge in [0.25, 0.3) is 0 Å². The van der Waals surface area contributed by atoms with Crippen LogP contribution in [0.1, 0.15) is 34.6 Å². The molecule has 0 aromatic heterocycles. The van der Waals surface area contributed by atoms with Crippen molar-refractivity contribution >= 4 is 17.8 Å². The minimum atomic E-state index is -1.16. The zero-order valence-corrected chi connectivity index (χ0v) is 13.7. The Labute approximate surface area is 130 Å². The lowest BCUT2D eigenvalue weighted by Crippen LogP contribution is -2.58. The molecule has 0 unspecified atom stereocenters. The molecular formula is C14H27N3O5. The van der Waals surface area contributed by atoms with Gasteiger partial charge in [-0.2, -0.15) is 0 Å². The largest absolute Gasteiger partial charge is 0.480 e. The third kappa shape index (κ3) is 5.98. The summed E-state index contributed by atoms with van der Waals surface area (Å²) in [7, 11) is 0. The van der Waals surface area contributed by atoms with Gasteiger partial charge in [0.05, 0.1) is 6.10 Å². The topological polar surface area (TPSA) is 142 Å². The first-order chi connectivity index (χ1) is 9.98. The number of hydrogen-bond acceptors (Lipinski definition) is 5. The minimum absolute atomic E-state index is 0.272. The number of carbonyl (C=O) groups excluding carboxylic acids is 2. The van der Waals surface area contributed by atoms with Crippen molar-refractivity contribution in [2.75, 3.05) is 0 Å². The summed E-state index contributed by atoms with van der Waals surface area (Å²) in [5, 5.41) is 23.3. The molecule has 128 valence electrons. The maximum atomic E-state index is 12.2. The minimum Gasteiger partial charge on any atom is -0.480 e. The van der Waals surface area contributed by atoms with Crippen molar-refractivity contribution in [3.05, 3.63) is 0 Å². The number of nitrogens with one attached hydrogen (secondary N) is 2. The molecule has 0 rings (SSSR count). The molecule has 0 aliphatic heterocycles. The molecule has 0 aliphatic carbocycles. The third-order valence-electron chi connectivity index (χ3n) is 3.30. The zero-order chi connectivity index (χ0) is 17.6. The Kier molecular flexibility index (Phi) is 8.04. The first-order valence-electron chi connectivity index (χ1n) is 7.26. The second-order valence-corrected chi connectivity index (χ2v) is 6.07. The Bertz CT molecular complexity index is 409. The van der Waals surface area contributed by atoms with Gasteiger partial charge in [0, 0.05) is 0 Å².